The van der Waals surface area contributed by atoms with Crippen molar-refractivity contribution in [2.24, 2.45) is 5.92 Å². The van der Waals surface area contributed by atoms with E-state index in [-0.39, 0.29) is 11.6 Å². The molecule has 0 radical (unpaired) electrons. The molecule has 1 heterocycles. The number of carboxylic acids is 1. The molecule has 0 saturated heterocycles. The van der Waals surface area contributed by atoms with Crippen LogP contribution in [0.1, 0.15) is 24.2 Å². The summed E-state index contributed by atoms with van der Waals surface area (Å²) in [6.45, 7) is 4.72. The van der Waals surface area contributed by atoms with Crippen LogP contribution in [0.4, 0.5) is 5.69 Å². The van der Waals surface area contributed by atoms with E-state index in [9.17, 15) is 4.79 Å². The zero-order valence-corrected chi connectivity index (χ0v) is 9.36. The van der Waals surface area contributed by atoms with Gasteiger partial charge in [-0.1, -0.05) is 19.9 Å². The van der Waals surface area contributed by atoms with Crippen molar-refractivity contribution in [1.82, 2.24) is 0 Å². The number of rotatable bonds is 2. The van der Waals surface area contributed by atoms with Crippen LogP contribution in [0.15, 0.2) is 18.2 Å². The Hall–Kier alpha value is -1.71. The highest BCUT2D eigenvalue weighted by molar-refractivity contribution is 5.93. The molecule has 0 amide bonds. The molecule has 86 valence electrons. The Kier molecular flexibility index (Phi) is 2.73. The third-order valence-electron chi connectivity index (χ3n) is 2.80. The van der Waals surface area contributed by atoms with Crippen LogP contribution in [0.3, 0.4) is 0 Å². The van der Waals surface area contributed by atoms with Crippen LogP contribution >= 0.6 is 0 Å². The number of aromatic carboxylic acids is 1. The van der Waals surface area contributed by atoms with E-state index in [1.807, 2.05) is 6.07 Å². The highest BCUT2D eigenvalue weighted by Gasteiger charge is 2.25. The molecule has 0 aliphatic carbocycles. The van der Waals surface area contributed by atoms with Crippen LogP contribution in [-0.4, -0.2) is 23.7 Å². The largest absolute Gasteiger partial charge is 0.488 e. The predicted molar refractivity (Wildman–Crippen MR) is 61.1 cm³/mol. The lowest BCUT2D eigenvalue weighted by atomic mass is 10.0. The fourth-order valence-electron chi connectivity index (χ4n) is 1.75. The van der Waals surface area contributed by atoms with Gasteiger partial charge >= 0.3 is 5.97 Å². The van der Waals surface area contributed by atoms with Crippen LogP contribution in [0.2, 0.25) is 0 Å². The number of nitrogens with one attached hydrogen (secondary N) is 1. The van der Waals surface area contributed by atoms with Gasteiger partial charge in [-0.3, -0.25) is 0 Å². The molecule has 0 aromatic heterocycles. The SMILES string of the molecule is CC(C)C1COc2c(cccc2C(=O)O)N1. The standard InChI is InChI=1S/C12H15NO3/c1-7(2)10-6-16-11-8(12(14)15)4-3-5-9(11)13-10/h3-5,7,10,13H,6H2,1-2H3,(H,14,15). The fraction of sp³-hybridized carbons (Fsp3) is 0.417. The van der Waals surface area contributed by atoms with E-state index >= 15 is 0 Å². The molecule has 4 heteroatoms. The summed E-state index contributed by atoms with van der Waals surface area (Å²) < 4.78 is 5.55. The number of hydrogen-bond donors (Lipinski definition) is 2. The van der Waals surface area contributed by atoms with Crippen molar-refractivity contribution in [2.45, 2.75) is 19.9 Å². The first kappa shape index (κ1) is 10.8. The average Bonchev–Trinajstić information content (AvgIpc) is 2.27. The minimum atomic E-state index is -0.957. The molecule has 1 aliphatic rings. The van der Waals surface area contributed by atoms with Gasteiger partial charge in [-0.05, 0) is 18.1 Å². The van der Waals surface area contributed by atoms with E-state index in [1.54, 1.807) is 12.1 Å². The number of anilines is 1. The summed E-state index contributed by atoms with van der Waals surface area (Å²) >= 11 is 0. The summed E-state index contributed by atoms with van der Waals surface area (Å²) in [5.74, 6) is -0.0600. The summed E-state index contributed by atoms with van der Waals surface area (Å²) in [5.41, 5.74) is 0.983. The zero-order chi connectivity index (χ0) is 11.7. The summed E-state index contributed by atoms with van der Waals surface area (Å²) in [5, 5.41) is 12.3. The summed E-state index contributed by atoms with van der Waals surface area (Å²) in [6.07, 6.45) is 0. The lowest BCUT2D eigenvalue weighted by Gasteiger charge is -2.30. The van der Waals surface area contributed by atoms with Gasteiger partial charge in [-0.2, -0.15) is 0 Å². The van der Waals surface area contributed by atoms with Gasteiger partial charge in [-0.15, -0.1) is 0 Å². The molecule has 1 aromatic rings. The molecule has 4 nitrogen and oxygen atoms in total. The highest BCUT2D eigenvalue weighted by atomic mass is 16.5. The van der Waals surface area contributed by atoms with Gasteiger partial charge in [-0.25, -0.2) is 4.79 Å². The molecule has 2 rings (SSSR count). The second-order valence-electron chi connectivity index (χ2n) is 4.29. The van der Waals surface area contributed by atoms with Crippen molar-refractivity contribution in [3.8, 4) is 5.75 Å². The summed E-state index contributed by atoms with van der Waals surface area (Å²) in [7, 11) is 0. The molecular weight excluding hydrogens is 206 g/mol. The number of para-hydroxylation sites is 1. The van der Waals surface area contributed by atoms with Crippen LogP contribution in [0, 0.1) is 5.92 Å². The molecule has 1 atom stereocenters. The number of fused-ring (bicyclic) bond motifs is 1. The Labute approximate surface area is 94.2 Å². The van der Waals surface area contributed by atoms with Crippen LogP contribution in [0.25, 0.3) is 0 Å². The molecule has 0 bridgehead atoms. The van der Waals surface area contributed by atoms with Crippen molar-refractivity contribution in [2.75, 3.05) is 11.9 Å². The van der Waals surface area contributed by atoms with Gasteiger partial charge in [0.2, 0.25) is 0 Å². The Morgan fingerprint density at radius 3 is 2.94 bits per heavy atom. The smallest absolute Gasteiger partial charge is 0.339 e. The summed E-state index contributed by atoms with van der Waals surface area (Å²) in [4.78, 5) is 11.0. The second kappa shape index (κ2) is 4.04. The van der Waals surface area contributed by atoms with Gasteiger partial charge < -0.3 is 15.2 Å². The third-order valence-corrected chi connectivity index (χ3v) is 2.80. The Morgan fingerprint density at radius 2 is 2.31 bits per heavy atom. The first-order chi connectivity index (χ1) is 7.59. The van der Waals surface area contributed by atoms with Gasteiger partial charge in [0.25, 0.3) is 0 Å². The van der Waals surface area contributed by atoms with Crippen LogP contribution in [0.5, 0.6) is 5.75 Å². The first-order valence-corrected chi connectivity index (χ1v) is 5.35. The minimum absolute atomic E-state index is 0.215. The molecule has 16 heavy (non-hydrogen) atoms. The number of hydrogen-bond acceptors (Lipinski definition) is 3. The fourth-order valence-corrected chi connectivity index (χ4v) is 1.75. The lowest BCUT2D eigenvalue weighted by molar-refractivity contribution is 0.0691. The van der Waals surface area contributed by atoms with Crippen molar-refractivity contribution in [1.29, 1.82) is 0 Å². The minimum Gasteiger partial charge on any atom is -0.488 e. The number of ether oxygens (including phenoxy) is 1. The van der Waals surface area contributed by atoms with Gasteiger partial charge in [0.05, 0.1) is 11.7 Å². The predicted octanol–water partition coefficient (Wildman–Crippen LogP) is 2.21. The Morgan fingerprint density at radius 1 is 1.56 bits per heavy atom. The van der Waals surface area contributed by atoms with Gasteiger partial charge in [0.15, 0.2) is 5.75 Å². The molecule has 1 aliphatic heterocycles. The third kappa shape index (κ3) is 1.83. The summed E-state index contributed by atoms with van der Waals surface area (Å²) in [6, 6.07) is 5.35. The normalized spacial score (nSPS) is 18.6. The molecule has 1 aromatic carbocycles. The topological polar surface area (TPSA) is 58.6 Å². The molecular formula is C12H15NO3. The van der Waals surface area contributed by atoms with Crippen LogP contribution < -0.4 is 10.1 Å². The first-order valence-electron chi connectivity index (χ1n) is 5.35. The average molecular weight is 221 g/mol. The van der Waals surface area contributed by atoms with E-state index in [4.69, 9.17) is 9.84 Å². The quantitative estimate of drug-likeness (QED) is 0.803. The Bertz CT molecular complexity index is 415. The van der Waals surface area contributed by atoms with E-state index in [2.05, 4.69) is 19.2 Å². The maximum absolute atomic E-state index is 11.0. The second-order valence-corrected chi connectivity index (χ2v) is 4.29. The van der Waals surface area contributed by atoms with Gasteiger partial charge in [0, 0.05) is 0 Å². The number of benzene rings is 1. The van der Waals surface area contributed by atoms with Crippen LogP contribution in [-0.2, 0) is 0 Å². The molecule has 0 saturated carbocycles. The van der Waals surface area contributed by atoms with E-state index in [1.165, 1.54) is 0 Å². The lowest BCUT2D eigenvalue weighted by Crippen LogP contribution is -2.36. The maximum Gasteiger partial charge on any atom is 0.339 e. The highest BCUT2D eigenvalue weighted by Crippen LogP contribution is 2.33. The van der Waals surface area contributed by atoms with E-state index in [0.29, 0.717) is 18.3 Å². The monoisotopic (exact) mass is 221 g/mol. The number of carbonyl (C=O) groups is 1. The molecule has 2 N–H and O–H groups in total. The van der Waals surface area contributed by atoms with E-state index < -0.39 is 5.97 Å². The molecule has 1 unspecified atom stereocenters. The van der Waals surface area contributed by atoms with Gasteiger partial charge in [0.1, 0.15) is 12.2 Å². The van der Waals surface area contributed by atoms with Crippen molar-refractivity contribution < 1.29 is 14.6 Å². The molecule has 0 spiro atoms. The molecule has 0 fully saturated rings. The zero-order valence-electron chi connectivity index (χ0n) is 9.36. The van der Waals surface area contributed by atoms with E-state index in [0.717, 1.165) is 5.69 Å². The van der Waals surface area contributed by atoms with Crippen molar-refractivity contribution in [3.05, 3.63) is 23.8 Å². The number of carboxylic acid groups (broad SMARTS) is 1. The van der Waals surface area contributed by atoms with Crippen molar-refractivity contribution in [3.63, 3.8) is 0 Å². The maximum atomic E-state index is 11.0. The van der Waals surface area contributed by atoms with Crippen molar-refractivity contribution >= 4 is 11.7 Å². The Balaban J connectivity index is 2.34.